The summed E-state index contributed by atoms with van der Waals surface area (Å²) >= 11 is 6.04. The number of rotatable bonds is 3. The van der Waals surface area contributed by atoms with Crippen LogP contribution >= 0.6 is 11.6 Å². The molecule has 0 spiro atoms. The Morgan fingerprint density at radius 1 is 1.07 bits per heavy atom. The number of aromatic nitrogens is 1. The number of nitrogens with one attached hydrogen (secondary N) is 1. The van der Waals surface area contributed by atoms with E-state index in [4.69, 9.17) is 20.9 Å². The Labute approximate surface area is 179 Å². The highest BCUT2D eigenvalue weighted by Crippen LogP contribution is 2.49. The number of hydrogen-bond donors (Lipinski definition) is 1. The molecule has 0 amide bonds. The maximum atomic E-state index is 13.4. The van der Waals surface area contributed by atoms with E-state index in [1.54, 1.807) is 7.11 Å². The summed E-state index contributed by atoms with van der Waals surface area (Å²) in [5.74, 6) is 1.45. The number of ketones is 1. The van der Waals surface area contributed by atoms with Crippen molar-refractivity contribution in [3.8, 4) is 5.75 Å². The first-order chi connectivity index (χ1) is 14.5. The zero-order chi connectivity index (χ0) is 20.8. The molecule has 0 bridgehead atoms. The summed E-state index contributed by atoms with van der Waals surface area (Å²) < 4.78 is 10.9. The Hall–Kier alpha value is -3.05. The van der Waals surface area contributed by atoms with E-state index in [0.29, 0.717) is 17.3 Å². The number of benzene rings is 2. The van der Waals surface area contributed by atoms with Gasteiger partial charge in [-0.1, -0.05) is 41.0 Å². The van der Waals surface area contributed by atoms with E-state index < -0.39 is 0 Å². The molecule has 2 aromatic carbocycles. The molecule has 0 saturated carbocycles. The van der Waals surface area contributed by atoms with Crippen LogP contribution in [0.1, 0.15) is 47.1 Å². The van der Waals surface area contributed by atoms with Gasteiger partial charge in [0, 0.05) is 28.6 Å². The van der Waals surface area contributed by atoms with Crippen molar-refractivity contribution in [1.29, 1.82) is 0 Å². The van der Waals surface area contributed by atoms with E-state index in [9.17, 15) is 4.79 Å². The second-order valence-electron chi connectivity index (χ2n) is 7.81. The molecule has 6 heteroatoms. The minimum atomic E-state index is -0.202. The van der Waals surface area contributed by atoms with Gasteiger partial charge >= 0.3 is 0 Å². The quantitative estimate of drug-likeness (QED) is 0.597. The van der Waals surface area contributed by atoms with Gasteiger partial charge in [0.05, 0.1) is 18.4 Å². The number of carbonyl (C=O) groups is 1. The fourth-order valence-corrected chi connectivity index (χ4v) is 4.70. The summed E-state index contributed by atoms with van der Waals surface area (Å²) in [6.45, 7) is 1.91. The second kappa shape index (κ2) is 7.33. The van der Waals surface area contributed by atoms with E-state index in [1.165, 1.54) is 0 Å². The molecule has 0 saturated heterocycles. The van der Waals surface area contributed by atoms with Crippen LogP contribution in [0.2, 0.25) is 5.02 Å². The summed E-state index contributed by atoms with van der Waals surface area (Å²) in [4.78, 5) is 13.4. The van der Waals surface area contributed by atoms with E-state index in [2.05, 4.69) is 10.5 Å². The highest BCUT2D eigenvalue weighted by atomic mass is 35.5. The van der Waals surface area contributed by atoms with Crippen molar-refractivity contribution in [1.82, 2.24) is 5.16 Å². The molecule has 1 aliphatic carbocycles. The number of carbonyl (C=O) groups excluding carboxylic acids is 1. The highest BCUT2D eigenvalue weighted by molar-refractivity contribution is 6.30. The lowest BCUT2D eigenvalue weighted by atomic mass is 9.72. The number of Topliss-reactive ketones (excluding diaryl/α,β-unsaturated/α-hetero) is 1. The highest BCUT2D eigenvalue weighted by Gasteiger charge is 2.41. The van der Waals surface area contributed by atoms with Crippen molar-refractivity contribution in [3.63, 3.8) is 0 Å². The monoisotopic (exact) mass is 420 g/mol. The number of allylic oxidation sites excluding steroid dienone is 2. The lowest BCUT2D eigenvalue weighted by Crippen LogP contribution is -2.29. The second-order valence-corrected chi connectivity index (χ2v) is 8.25. The normalized spacial score (nSPS) is 20.4. The molecule has 0 unspecified atom stereocenters. The number of halogens is 1. The van der Waals surface area contributed by atoms with Gasteiger partial charge in [0.2, 0.25) is 5.88 Å². The summed E-state index contributed by atoms with van der Waals surface area (Å²) in [5, 5.41) is 8.22. The largest absolute Gasteiger partial charge is 0.497 e. The van der Waals surface area contributed by atoms with Gasteiger partial charge in [-0.3, -0.25) is 4.79 Å². The summed E-state index contributed by atoms with van der Waals surface area (Å²) in [7, 11) is 1.64. The van der Waals surface area contributed by atoms with Gasteiger partial charge in [-0.2, -0.15) is 0 Å². The van der Waals surface area contributed by atoms with E-state index >= 15 is 0 Å². The molecular weight excluding hydrogens is 400 g/mol. The minimum absolute atomic E-state index is 0.100. The standard InChI is InChI=1S/C24H21ClN2O3/c1-13-21-22(15-5-9-18(29-2)10-6-15)23-19(26-24(21)30-27-13)11-16(12-20(23)28)14-3-7-17(25)8-4-14/h3-10,16,22,26H,11-12H2,1-2H3/t16-,22-/m1/s1. The molecule has 0 radical (unpaired) electrons. The molecule has 2 heterocycles. The van der Waals surface area contributed by atoms with Crippen LogP contribution < -0.4 is 10.1 Å². The first-order valence-electron chi connectivity index (χ1n) is 9.94. The average molecular weight is 421 g/mol. The van der Waals surface area contributed by atoms with Crippen LogP contribution in [0, 0.1) is 6.92 Å². The number of ether oxygens (including phenoxy) is 1. The van der Waals surface area contributed by atoms with Crippen LogP contribution in [0.5, 0.6) is 5.75 Å². The van der Waals surface area contributed by atoms with Gasteiger partial charge in [0.15, 0.2) is 5.78 Å². The van der Waals surface area contributed by atoms with Crippen LogP contribution in [0.15, 0.2) is 64.3 Å². The van der Waals surface area contributed by atoms with Crippen LogP contribution in [0.4, 0.5) is 5.88 Å². The third-order valence-corrected chi connectivity index (χ3v) is 6.30. The Morgan fingerprint density at radius 3 is 2.47 bits per heavy atom. The lowest BCUT2D eigenvalue weighted by molar-refractivity contribution is -0.116. The van der Waals surface area contributed by atoms with Gasteiger partial charge in [0.25, 0.3) is 0 Å². The van der Waals surface area contributed by atoms with E-state index in [1.807, 2.05) is 55.5 Å². The van der Waals surface area contributed by atoms with Crippen LogP contribution in [-0.4, -0.2) is 18.0 Å². The fraction of sp³-hybridized carbons (Fsp3) is 0.250. The van der Waals surface area contributed by atoms with Crippen LogP contribution in [-0.2, 0) is 4.79 Å². The maximum Gasteiger partial charge on any atom is 0.233 e. The zero-order valence-corrected chi connectivity index (χ0v) is 17.5. The molecule has 3 aromatic rings. The Balaban J connectivity index is 1.59. The van der Waals surface area contributed by atoms with Gasteiger partial charge < -0.3 is 14.6 Å². The summed E-state index contributed by atoms with van der Waals surface area (Å²) in [6, 6.07) is 15.6. The fourth-order valence-electron chi connectivity index (χ4n) is 4.57. The molecule has 5 rings (SSSR count). The lowest BCUT2D eigenvalue weighted by Gasteiger charge is -2.34. The Bertz CT molecular complexity index is 1150. The van der Waals surface area contributed by atoms with Crippen molar-refractivity contribution in [2.75, 3.05) is 12.4 Å². The summed E-state index contributed by atoms with van der Waals surface area (Å²) in [5.41, 5.74) is 5.58. The molecule has 1 N–H and O–H groups in total. The van der Waals surface area contributed by atoms with Crippen LogP contribution in [0.25, 0.3) is 0 Å². The van der Waals surface area contributed by atoms with E-state index in [-0.39, 0.29) is 17.6 Å². The van der Waals surface area contributed by atoms with Crippen molar-refractivity contribution in [2.24, 2.45) is 0 Å². The van der Waals surface area contributed by atoms with Gasteiger partial charge in [-0.05, 0) is 54.7 Å². The SMILES string of the molecule is COc1ccc([C@H]2C3=C(C[C@@H](c4ccc(Cl)cc4)CC3=O)Nc3onc(C)c32)cc1. The molecule has 152 valence electrons. The number of hydrogen-bond acceptors (Lipinski definition) is 5. The third-order valence-electron chi connectivity index (χ3n) is 6.05. The van der Waals surface area contributed by atoms with Gasteiger partial charge in [0.1, 0.15) is 5.75 Å². The predicted molar refractivity (Wildman–Crippen MR) is 115 cm³/mol. The van der Waals surface area contributed by atoms with E-state index in [0.717, 1.165) is 45.8 Å². The third kappa shape index (κ3) is 3.10. The van der Waals surface area contributed by atoms with Crippen molar-refractivity contribution < 1.29 is 14.1 Å². The van der Waals surface area contributed by atoms with Gasteiger partial charge in [-0.25, -0.2) is 0 Å². The minimum Gasteiger partial charge on any atom is -0.497 e. The number of anilines is 1. The average Bonchev–Trinajstić information content (AvgIpc) is 3.13. The van der Waals surface area contributed by atoms with Crippen LogP contribution in [0.3, 0.4) is 0 Å². The molecular formula is C24H21ClN2O3. The van der Waals surface area contributed by atoms with Crippen molar-refractivity contribution in [2.45, 2.75) is 31.6 Å². The van der Waals surface area contributed by atoms with Crippen molar-refractivity contribution >= 4 is 23.3 Å². The predicted octanol–water partition coefficient (Wildman–Crippen LogP) is 5.60. The molecule has 2 atom stereocenters. The number of methoxy groups -OCH3 is 1. The summed E-state index contributed by atoms with van der Waals surface area (Å²) in [6.07, 6.45) is 1.20. The molecule has 0 fully saturated rings. The molecule has 1 aliphatic heterocycles. The number of fused-ring (bicyclic) bond motifs is 1. The number of nitrogens with zero attached hydrogens (tertiary/aromatic N) is 1. The van der Waals surface area contributed by atoms with Crippen molar-refractivity contribution in [3.05, 3.63) is 87.2 Å². The van der Waals surface area contributed by atoms with Gasteiger partial charge in [-0.15, -0.1) is 0 Å². The first-order valence-corrected chi connectivity index (χ1v) is 10.3. The number of aryl methyl sites for hydroxylation is 1. The Kier molecular flexibility index (Phi) is 4.63. The molecule has 1 aromatic heterocycles. The smallest absolute Gasteiger partial charge is 0.233 e. The molecule has 5 nitrogen and oxygen atoms in total. The molecule has 2 aliphatic rings. The topological polar surface area (TPSA) is 64.4 Å². The first kappa shape index (κ1) is 18.9. The maximum absolute atomic E-state index is 13.4. The zero-order valence-electron chi connectivity index (χ0n) is 16.7. The Morgan fingerprint density at radius 2 is 1.77 bits per heavy atom. The molecule has 30 heavy (non-hydrogen) atoms.